The molecular weight excluding hydrogens is 291 g/mol. The summed E-state index contributed by atoms with van der Waals surface area (Å²) in [6, 6.07) is 5.35. The van der Waals surface area contributed by atoms with Gasteiger partial charge < -0.3 is 0 Å². The van der Waals surface area contributed by atoms with E-state index >= 15 is 0 Å². The maximum atomic E-state index is 6.15. The number of nitrogens with zero attached hydrogens (tertiary/aromatic N) is 4. The summed E-state index contributed by atoms with van der Waals surface area (Å²) in [5.41, 5.74) is 0.859. The minimum absolute atomic E-state index is 0.585. The molecule has 0 aliphatic heterocycles. The first kappa shape index (κ1) is 11.6. The van der Waals surface area contributed by atoms with Gasteiger partial charge in [0.25, 0.3) is 0 Å². The van der Waals surface area contributed by atoms with E-state index in [0.717, 1.165) is 15.6 Å². The van der Waals surface area contributed by atoms with Crippen LogP contribution in [0.5, 0.6) is 0 Å². The second-order valence-electron chi connectivity index (χ2n) is 3.47. The average Bonchev–Trinajstić information content (AvgIpc) is 2.99. The van der Waals surface area contributed by atoms with Gasteiger partial charge in [0, 0.05) is 10.6 Å². The van der Waals surface area contributed by atoms with Crippen LogP contribution in [0.25, 0.3) is 15.6 Å². The lowest BCUT2D eigenvalue weighted by molar-refractivity contribution is 0.893. The molecule has 18 heavy (non-hydrogen) atoms. The molecule has 0 aliphatic rings. The Morgan fingerprint density at radius 3 is 2.83 bits per heavy atom. The first-order chi connectivity index (χ1) is 8.74. The Labute approximate surface area is 117 Å². The molecule has 3 rings (SSSR count). The molecule has 0 N–H and O–H groups in total. The summed E-state index contributed by atoms with van der Waals surface area (Å²) in [6.45, 7) is 0. The molecule has 0 aliphatic carbocycles. The van der Waals surface area contributed by atoms with Crippen molar-refractivity contribution in [1.82, 2.24) is 19.7 Å². The third-order valence-corrected chi connectivity index (χ3v) is 3.87. The molecule has 4 nitrogen and oxygen atoms in total. The minimum atomic E-state index is 0.585. The Kier molecular flexibility index (Phi) is 3.03. The van der Waals surface area contributed by atoms with E-state index < -0.39 is 0 Å². The highest BCUT2D eigenvalue weighted by atomic mass is 35.5. The van der Waals surface area contributed by atoms with Gasteiger partial charge in [0.2, 0.25) is 0 Å². The van der Waals surface area contributed by atoms with E-state index in [-0.39, 0.29) is 0 Å². The van der Waals surface area contributed by atoms with Crippen molar-refractivity contribution in [3.8, 4) is 15.6 Å². The van der Waals surface area contributed by atoms with E-state index in [1.165, 1.54) is 17.7 Å². The van der Waals surface area contributed by atoms with Gasteiger partial charge in [-0.25, -0.2) is 14.6 Å². The van der Waals surface area contributed by atoms with Crippen LogP contribution in [0.3, 0.4) is 0 Å². The van der Waals surface area contributed by atoms with Crippen molar-refractivity contribution in [3.05, 3.63) is 47.1 Å². The Morgan fingerprint density at radius 1 is 1.22 bits per heavy atom. The van der Waals surface area contributed by atoms with Gasteiger partial charge in [-0.1, -0.05) is 34.5 Å². The van der Waals surface area contributed by atoms with E-state index in [1.54, 1.807) is 29.3 Å². The molecule has 7 heteroatoms. The maximum Gasteiger partial charge on any atom is 0.139 e. The summed E-state index contributed by atoms with van der Waals surface area (Å²) < 4.78 is 1.66. The molecule has 0 saturated carbocycles. The molecule has 1 aromatic carbocycles. The van der Waals surface area contributed by atoms with Crippen LogP contribution in [-0.2, 0) is 0 Å². The quantitative estimate of drug-likeness (QED) is 0.724. The molecule has 2 heterocycles. The number of halogens is 2. The predicted molar refractivity (Wildman–Crippen MR) is 72.5 cm³/mol. The summed E-state index contributed by atoms with van der Waals surface area (Å²) in [7, 11) is 0. The molecule has 0 atom stereocenters. The first-order valence-corrected chi connectivity index (χ1v) is 6.57. The van der Waals surface area contributed by atoms with E-state index in [1.807, 2.05) is 6.07 Å². The number of hydrogen-bond acceptors (Lipinski definition) is 4. The summed E-state index contributed by atoms with van der Waals surface area (Å²) >= 11 is 13.5. The van der Waals surface area contributed by atoms with Crippen molar-refractivity contribution >= 4 is 34.5 Å². The van der Waals surface area contributed by atoms with Gasteiger partial charge in [-0.05, 0) is 18.2 Å². The van der Waals surface area contributed by atoms with Crippen molar-refractivity contribution < 1.29 is 0 Å². The second-order valence-corrected chi connectivity index (χ2v) is 5.32. The highest BCUT2D eigenvalue weighted by Gasteiger charge is 2.10. The van der Waals surface area contributed by atoms with Gasteiger partial charge >= 0.3 is 0 Å². The molecule has 0 bridgehead atoms. The smallest absolute Gasteiger partial charge is 0.139 e. The number of rotatable bonds is 2. The predicted octanol–water partition coefficient (Wildman–Crippen LogP) is 3.70. The standard InChI is InChI=1S/C11H6Cl2N4S/c12-7-1-2-8(9(13)3-7)11-15-4-10(18-11)17-6-14-5-16-17/h1-6H. The Morgan fingerprint density at radius 2 is 2.11 bits per heavy atom. The zero-order valence-electron chi connectivity index (χ0n) is 8.92. The lowest BCUT2D eigenvalue weighted by Gasteiger charge is -2.00. The Balaban J connectivity index is 2.03. The second kappa shape index (κ2) is 4.68. The van der Waals surface area contributed by atoms with Crippen LogP contribution in [0, 0.1) is 0 Å². The molecule has 3 aromatic rings. The fourth-order valence-electron chi connectivity index (χ4n) is 1.48. The molecule has 2 aromatic heterocycles. The number of thiazole rings is 1. The largest absolute Gasteiger partial charge is 0.242 e. The highest BCUT2D eigenvalue weighted by molar-refractivity contribution is 7.17. The van der Waals surface area contributed by atoms with E-state index in [2.05, 4.69) is 15.1 Å². The van der Waals surface area contributed by atoms with Gasteiger partial charge in [-0.3, -0.25) is 0 Å². The number of hydrogen-bond donors (Lipinski definition) is 0. The molecule has 0 radical (unpaired) electrons. The zero-order valence-corrected chi connectivity index (χ0v) is 11.2. The number of benzene rings is 1. The summed E-state index contributed by atoms with van der Waals surface area (Å²) in [6.07, 6.45) is 4.84. The molecular formula is C11H6Cl2N4S. The zero-order chi connectivity index (χ0) is 12.5. The average molecular weight is 297 g/mol. The Bertz CT molecular complexity index is 678. The number of aromatic nitrogens is 4. The molecule has 0 saturated heterocycles. The summed E-state index contributed by atoms with van der Waals surface area (Å²) in [4.78, 5) is 8.23. The van der Waals surface area contributed by atoms with E-state index in [0.29, 0.717) is 10.0 Å². The van der Waals surface area contributed by atoms with Crippen molar-refractivity contribution in [3.63, 3.8) is 0 Å². The van der Waals surface area contributed by atoms with Crippen LogP contribution in [0.1, 0.15) is 0 Å². The van der Waals surface area contributed by atoms with Crippen molar-refractivity contribution in [2.24, 2.45) is 0 Å². The van der Waals surface area contributed by atoms with E-state index in [4.69, 9.17) is 23.2 Å². The van der Waals surface area contributed by atoms with Crippen LogP contribution in [0.2, 0.25) is 10.0 Å². The van der Waals surface area contributed by atoms with Crippen LogP contribution in [-0.4, -0.2) is 19.7 Å². The lowest BCUT2D eigenvalue weighted by atomic mass is 10.2. The van der Waals surface area contributed by atoms with Crippen molar-refractivity contribution in [2.75, 3.05) is 0 Å². The first-order valence-electron chi connectivity index (χ1n) is 5.00. The van der Waals surface area contributed by atoms with Gasteiger partial charge in [0.15, 0.2) is 0 Å². The van der Waals surface area contributed by atoms with Crippen LogP contribution < -0.4 is 0 Å². The normalized spacial score (nSPS) is 10.8. The van der Waals surface area contributed by atoms with Gasteiger partial charge in [-0.2, -0.15) is 5.10 Å². The summed E-state index contributed by atoms with van der Waals surface area (Å²) in [5.74, 6) is 0. The van der Waals surface area contributed by atoms with Crippen LogP contribution in [0.4, 0.5) is 0 Å². The molecule has 0 unspecified atom stereocenters. The third kappa shape index (κ3) is 2.12. The van der Waals surface area contributed by atoms with Crippen LogP contribution in [0.15, 0.2) is 37.1 Å². The van der Waals surface area contributed by atoms with Gasteiger partial charge in [-0.15, -0.1) is 0 Å². The summed E-state index contributed by atoms with van der Waals surface area (Å²) in [5, 5.41) is 6.95. The van der Waals surface area contributed by atoms with Crippen LogP contribution >= 0.6 is 34.5 Å². The van der Waals surface area contributed by atoms with Crippen molar-refractivity contribution in [2.45, 2.75) is 0 Å². The fraction of sp³-hybridized carbons (Fsp3) is 0. The molecule has 0 fully saturated rings. The van der Waals surface area contributed by atoms with Gasteiger partial charge in [0.05, 0.1) is 11.2 Å². The highest BCUT2D eigenvalue weighted by Crippen LogP contribution is 2.33. The lowest BCUT2D eigenvalue weighted by Crippen LogP contribution is -1.88. The molecule has 0 spiro atoms. The van der Waals surface area contributed by atoms with Crippen molar-refractivity contribution in [1.29, 1.82) is 0 Å². The maximum absolute atomic E-state index is 6.15. The Hall–Kier alpha value is -1.43. The monoisotopic (exact) mass is 296 g/mol. The van der Waals surface area contributed by atoms with Gasteiger partial charge in [0.1, 0.15) is 22.7 Å². The minimum Gasteiger partial charge on any atom is -0.242 e. The molecule has 0 amide bonds. The topological polar surface area (TPSA) is 43.6 Å². The fourth-order valence-corrected chi connectivity index (χ4v) is 2.92. The molecule has 90 valence electrons. The van der Waals surface area contributed by atoms with E-state index in [9.17, 15) is 0 Å². The third-order valence-electron chi connectivity index (χ3n) is 2.30. The SMILES string of the molecule is Clc1ccc(-c2ncc(-n3cncn3)s2)c(Cl)c1.